The second kappa shape index (κ2) is 6.55. The van der Waals surface area contributed by atoms with Gasteiger partial charge in [-0.05, 0) is 45.2 Å². The summed E-state index contributed by atoms with van der Waals surface area (Å²) >= 11 is 0. The number of hydrogen-bond acceptors (Lipinski definition) is 4. The molecule has 2 heterocycles. The van der Waals surface area contributed by atoms with E-state index >= 15 is 0 Å². The minimum atomic E-state index is -1.17. The molecule has 2 atom stereocenters. The monoisotopic (exact) mass is 360 g/mol. The van der Waals surface area contributed by atoms with E-state index in [9.17, 15) is 14.3 Å². The fourth-order valence-electron chi connectivity index (χ4n) is 4.14. The van der Waals surface area contributed by atoms with Crippen LogP contribution in [0.25, 0.3) is 0 Å². The molecule has 26 heavy (non-hydrogen) atoms. The maximum atomic E-state index is 14.2. The summed E-state index contributed by atoms with van der Waals surface area (Å²) in [6.07, 6.45) is 1.99. The van der Waals surface area contributed by atoms with Crippen molar-refractivity contribution in [3.8, 4) is 6.07 Å². The molecule has 1 aromatic carbocycles. The lowest BCUT2D eigenvalue weighted by atomic mass is 9.80. The SMILES string of the molecule is CC(C)(C)OC(=O)N1C2CCC1CC(O)(c1ccc(CC#N)c(F)c1)C2. The summed E-state index contributed by atoms with van der Waals surface area (Å²) < 4.78 is 19.7. The van der Waals surface area contributed by atoms with Crippen LogP contribution >= 0.6 is 0 Å². The van der Waals surface area contributed by atoms with Gasteiger partial charge in [-0.15, -0.1) is 0 Å². The van der Waals surface area contributed by atoms with Gasteiger partial charge in [-0.25, -0.2) is 9.18 Å². The molecule has 2 aliphatic heterocycles. The van der Waals surface area contributed by atoms with E-state index in [0.29, 0.717) is 24.0 Å². The van der Waals surface area contributed by atoms with Crippen LogP contribution in [0, 0.1) is 17.1 Å². The number of hydrogen-bond donors (Lipinski definition) is 1. The first-order chi connectivity index (χ1) is 12.1. The number of piperidine rings is 1. The maximum Gasteiger partial charge on any atom is 0.410 e. The number of halogens is 1. The molecule has 3 rings (SSSR count). The molecule has 0 radical (unpaired) electrons. The molecule has 2 aliphatic rings. The highest BCUT2D eigenvalue weighted by molar-refractivity contribution is 5.69. The van der Waals surface area contributed by atoms with Crippen molar-refractivity contribution >= 4 is 6.09 Å². The van der Waals surface area contributed by atoms with E-state index in [0.717, 1.165) is 12.8 Å². The Morgan fingerprint density at radius 1 is 1.38 bits per heavy atom. The maximum absolute atomic E-state index is 14.2. The highest BCUT2D eigenvalue weighted by atomic mass is 19.1. The lowest BCUT2D eigenvalue weighted by molar-refractivity contribution is -0.0625. The molecule has 0 aromatic heterocycles. The fourth-order valence-corrected chi connectivity index (χ4v) is 4.14. The highest BCUT2D eigenvalue weighted by Gasteiger charge is 2.51. The number of amides is 1. The zero-order valence-corrected chi connectivity index (χ0v) is 15.5. The van der Waals surface area contributed by atoms with Gasteiger partial charge in [0, 0.05) is 30.5 Å². The number of benzene rings is 1. The third kappa shape index (κ3) is 3.54. The standard InChI is InChI=1S/C20H25FN2O3/c1-19(2,3)26-18(24)23-15-6-7-16(23)12-20(25,11-15)14-5-4-13(8-9-22)17(21)10-14/h4-5,10,15-16,25H,6-8,11-12H2,1-3H3. The van der Waals surface area contributed by atoms with Gasteiger partial charge in [-0.3, -0.25) is 0 Å². The van der Waals surface area contributed by atoms with Crippen LogP contribution in [0.15, 0.2) is 18.2 Å². The average molecular weight is 360 g/mol. The lowest BCUT2D eigenvalue weighted by Gasteiger charge is -2.44. The summed E-state index contributed by atoms with van der Waals surface area (Å²) in [5.74, 6) is -0.473. The van der Waals surface area contributed by atoms with Gasteiger partial charge >= 0.3 is 6.09 Å². The van der Waals surface area contributed by atoms with Crippen molar-refractivity contribution in [3.05, 3.63) is 35.1 Å². The van der Waals surface area contributed by atoms with Crippen LogP contribution in [0.5, 0.6) is 0 Å². The van der Waals surface area contributed by atoms with Crippen molar-refractivity contribution in [3.63, 3.8) is 0 Å². The smallest absolute Gasteiger partial charge is 0.410 e. The molecule has 6 heteroatoms. The molecule has 0 aliphatic carbocycles. The van der Waals surface area contributed by atoms with E-state index in [1.807, 2.05) is 26.8 Å². The van der Waals surface area contributed by atoms with Gasteiger partial charge in [-0.2, -0.15) is 5.26 Å². The second-order valence-electron chi connectivity index (χ2n) is 8.35. The van der Waals surface area contributed by atoms with Gasteiger partial charge < -0.3 is 14.7 Å². The number of rotatable bonds is 2. The van der Waals surface area contributed by atoms with Crippen LogP contribution < -0.4 is 0 Å². The molecule has 0 saturated carbocycles. The van der Waals surface area contributed by atoms with Gasteiger partial charge in [-0.1, -0.05) is 12.1 Å². The van der Waals surface area contributed by atoms with Gasteiger partial charge in [0.25, 0.3) is 0 Å². The number of fused-ring (bicyclic) bond motifs is 2. The molecule has 2 bridgehead atoms. The zero-order valence-electron chi connectivity index (χ0n) is 15.5. The molecule has 0 spiro atoms. The largest absolute Gasteiger partial charge is 0.444 e. The Hall–Kier alpha value is -2.13. The molecule has 140 valence electrons. The molecule has 5 nitrogen and oxygen atoms in total. The van der Waals surface area contributed by atoms with Crippen LogP contribution in [-0.2, 0) is 16.8 Å². The quantitative estimate of drug-likeness (QED) is 0.874. The molecular weight excluding hydrogens is 335 g/mol. The van der Waals surface area contributed by atoms with Crippen LogP contribution in [0.3, 0.4) is 0 Å². The van der Waals surface area contributed by atoms with Crippen molar-refractivity contribution in [1.29, 1.82) is 5.26 Å². The number of carbonyl (C=O) groups is 1. The molecule has 1 N–H and O–H groups in total. The lowest BCUT2D eigenvalue weighted by Crippen LogP contribution is -2.53. The van der Waals surface area contributed by atoms with E-state index in [-0.39, 0.29) is 24.6 Å². The minimum Gasteiger partial charge on any atom is -0.444 e. The molecular formula is C20H25FN2O3. The average Bonchev–Trinajstić information content (AvgIpc) is 2.81. The third-order valence-corrected chi connectivity index (χ3v) is 5.23. The van der Waals surface area contributed by atoms with E-state index in [4.69, 9.17) is 10.00 Å². The number of nitrogens with zero attached hydrogens (tertiary/aromatic N) is 2. The summed E-state index contributed by atoms with van der Waals surface area (Å²) in [5, 5.41) is 19.9. The first kappa shape index (κ1) is 18.7. The van der Waals surface area contributed by atoms with Crippen molar-refractivity contribution in [2.75, 3.05) is 0 Å². The highest BCUT2D eigenvalue weighted by Crippen LogP contribution is 2.46. The van der Waals surface area contributed by atoms with Gasteiger partial charge in [0.2, 0.25) is 0 Å². The van der Waals surface area contributed by atoms with Crippen molar-refractivity contribution in [2.24, 2.45) is 0 Å². The normalized spacial score (nSPS) is 27.9. The van der Waals surface area contributed by atoms with Crippen LogP contribution in [0.2, 0.25) is 0 Å². The third-order valence-electron chi connectivity index (χ3n) is 5.23. The number of carbonyl (C=O) groups excluding carboxylic acids is 1. The predicted octanol–water partition coefficient (Wildman–Crippen LogP) is 3.64. The van der Waals surface area contributed by atoms with Crippen molar-refractivity contribution in [1.82, 2.24) is 4.90 Å². The second-order valence-corrected chi connectivity index (χ2v) is 8.35. The molecule has 1 aromatic rings. The number of ether oxygens (including phenoxy) is 1. The Balaban J connectivity index is 1.80. The molecule has 2 unspecified atom stereocenters. The molecule has 2 saturated heterocycles. The Labute approximate surface area is 153 Å². The Kier molecular flexibility index (Phi) is 4.70. The fraction of sp³-hybridized carbons (Fsp3) is 0.600. The first-order valence-corrected chi connectivity index (χ1v) is 9.02. The van der Waals surface area contributed by atoms with Crippen LogP contribution in [0.1, 0.15) is 57.6 Å². The van der Waals surface area contributed by atoms with E-state index < -0.39 is 17.0 Å². The summed E-state index contributed by atoms with van der Waals surface area (Å²) in [5.41, 5.74) is -0.896. The minimum absolute atomic E-state index is 0.00220. The van der Waals surface area contributed by atoms with Crippen molar-refractivity contribution < 1.29 is 19.0 Å². The van der Waals surface area contributed by atoms with Gasteiger partial charge in [0.1, 0.15) is 11.4 Å². The number of nitriles is 1. The summed E-state index contributed by atoms with van der Waals surface area (Å²) in [6, 6.07) is 6.29. The van der Waals surface area contributed by atoms with Crippen LogP contribution in [0.4, 0.5) is 9.18 Å². The van der Waals surface area contributed by atoms with E-state index in [2.05, 4.69) is 0 Å². The predicted molar refractivity (Wildman–Crippen MR) is 93.7 cm³/mol. The van der Waals surface area contributed by atoms with Crippen molar-refractivity contribution in [2.45, 2.75) is 76.2 Å². The topological polar surface area (TPSA) is 73.6 Å². The van der Waals surface area contributed by atoms with Gasteiger partial charge in [0.05, 0.1) is 18.1 Å². The first-order valence-electron chi connectivity index (χ1n) is 9.02. The van der Waals surface area contributed by atoms with E-state index in [1.165, 1.54) is 6.07 Å². The van der Waals surface area contributed by atoms with E-state index in [1.54, 1.807) is 17.0 Å². The molecule has 2 fully saturated rings. The summed E-state index contributed by atoms with van der Waals surface area (Å²) in [6.45, 7) is 5.50. The Bertz CT molecular complexity index is 736. The van der Waals surface area contributed by atoms with Crippen LogP contribution in [-0.4, -0.2) is 33.8 Å². The van der Waals surface area contributed by atoms with Gasteiger partial charge in [0.15, 0.2) is 0 Å². The Morgan fingerprint density at radius 2 is 2.00 bits per heavy atom. The summed E-state index contributed by atoms with van der Waals surface area (Å²) in [7, 11) is 0. The zero-order chi connectivity index (χ0) is 19.1. The number of aliphatic hydroxyl groups is 1. The Morgan fingerprint density at radius 3 is 2.50 bits per heavy atom. The summed E-state index contributed by atoms with van der Waals surface area (Å²) in [4.78, 5) is 14.3. The molecule has 1 amide bonds.